The van der Waals surface area contributed by atoms with Crippen LogP contribution in [0.4, 0.5) is 0 Å². The lowest BCUT2D eigenvalue weighted by Crippen LogP contribution is -2.14. The largest absolute Gasteiger partial charge is 0.388 e. The van der Waals surface area contributed by atoms with Crippen LogP contribution in [-0.2, 0) is 0 Å². The zero-order valence-corrected chi connectivity index (χ0v) is 7.04. The lowest BCUT2D eigenvalue weighted by atomic mass is 9.97. The molecule has 0 aliphatic heterocycles. The second kappa shape index (κ2) is 4.76. The van der Waals surface area contributed by atoms with E-state index in [9.17, 15) is 5.11 Å². The van der Waals surface area contributed by atoms with E-state index in [4.69, 9.17) is 6.42 Å². The van der Waals surface area contributed by atoms with Gasteiger partial charge in [-0.05, 0) is 19.1 Å². The molecule has 0 saturated heterocycles. The van der Waals surface area contributed by atoms with Gasteiger partial charge in [0, 0.05) is 5.92 Å². The van der Waals surface area contributed by atoms with Crippen molar-refractivity contribution < 1.29 is 5.11 Å². The van der Waals surface area contributed by atoms with Gasteiger partial charge in [0.05, 0.1) is 6.10 Å². The highest BCUT2D eigenvalue weighted by molar-refractivity contribution is 5.13. The van der Waals surface area contributed by atoms with Crippen LogP contribution in [0, 0.1) is 18.3 Å². The number of terminal acetylenes is 1. The van der Waals surface area contributed by atoms with E-state index in [0.717, 1.165) is 5.57 Å². The monoisotopic (exact) mass is 150 g/mol. The fourth-order valence-electron chi connectivity index (χ4n) is 0.612. The van der Waals surface area contributed by atoms with Crippen molar-refractivity contribution in [3.63, 3.8) is 0 Å². The summed E-state index contributed by atoms with van der Waals surface area (Å²) in [5, 5.41) is 9.38. The summed E-state index contributed by atoms with van der Waals surface area (Å²) in [6, 6.07) is 0. The van der Waals surface area contributed by atoms with Gasteiger partial charge in [0.15, 0.2) is 0 Å². The van der Waals surface area contributed by atoms with E-state index in [-0.39, 0.29) is 5.92 Å². The third kappa shape index (κ3) is 3.64. The van der Waals surface area contributed by atoms with Crippen LogP contribution in [0.5, 0.6) is 0 Å². The summed E-state index contributed by atoms with van der Waals surface area (Å²) >= 11 is 0. The molecule has 2 atom stereocenters. The first-order valence-electron chi connectivity index (χ1n) is 3.56. The normalized spacial score (nSPS) is 15.8. The van der Waals surface area contributed by atoms with E-state index < -0.39 is 6.10 Å². The lowest BCUT2D eigenvalue weighted by molar-refractivity contribution is 0.180. The average Bonchev–Trinajstić information content (AvgIpc) is 1.98. The van der Waals surface area contributed by atoms with Gasteiger partial charge in [-0.1, -0.05) is 25.0 Å². The van der Waals surface area contributed by atoms with Crippen molar-refractivity contribution >= 4 is 0 Å². The maximum absolute atomic E-state index is 9.38. The standard InChI is InChI=1S/C10H14O/c1-5-6-7-10(11)9(4)8(2)3/h1,6-7,9-11H,2H2,3-4H3/b7-6+/t9-,10+/m0/s1. The molecule has 0 amide bonds. The van der Waals surface area contributed by atoms with Gasteiger partial charge in [-0.2, -0.15) is 0 Å². The molecule has 0 rings (SSSR count). The molecule has 1 nitrogen and oxygen atoms in total. The molecule has 0 aliphatic rings. The molecule has 0 spiro atoms. The first-order valence-corrected chi connectivity index (χ1v) is 3.56. The van der Waals surface area contributed by atoms with Crippen LogP contribution in [0.15, 0.2) is 24.3 Å². The predicted molar refractivity (Wildman–Crippen MR) is 48.0 cm³/mol. The Labute approximate surface area is 68.4 Å². The van der Waals surface area contributed by atoms with Crippen molar-refractivity contribution in [3.05, 3.63) is 24.3 Å². The quantitative estimate of drug-likeness (QED) is 0.480. The topological polar surface area (TPSA) is 20.2 Å². The number of hydrogen-bond acceptors (Lipinski definition) is 1. The van der Waals surface area contributed by atoms with Crippen LogP contribution in [0.3, 0.4) is 0 Å². The fourth-order valence-corrected chi connectivity index (χ4v) is 0.612. The van der Waals surface area contributed by atoms with Crippen molar-refractivity contribution in [1.82, 2.24) is 0 Å². The summed E-state index contributed by atoms with van der Waals surface area (Å²) in [4.78, 5) is 0. The van der Waals surface area contributed by atoms with Crippen LogP contribution < -0.4 is 0 Å². The molecule has 0 aromatic carbocycles. The SMILES string of the molecule is C#C/C=C/[C@@H](O)[C@@H](C)C(=C)C. The van der Waals surface area contributed by atoms with Crippen LogP contribution >= 0.6 is 0 Å². The molecule has 0 radical (unpaired) electrons. The van der Waals surface area contributed by atoms with E-state index in [0.29, 0.717) is 0 Å². The third-order valence-corrected chi connectivity index (χ3v) is 1.68. The number of allylic oxidation sites excluding steroid dienone is 1. The van der Waals surface area contributed by atoms with Gasteiger partial charge in [0.2, 0.25) is 0 Å². The summed E-state index contributed by atoms with van der Waals surface area (Å²) in [5.41, 5.74) is 0.958. The predicted octanol–water partition coefficient (Wildman–Crippen LogP) is 1.75. The van der Waals surface area contributed by atoms with E-state index in [2.05, 4.69) is 12.5 Å². The maximum Gasteiger partial charge on any atom is 0.0792 e. The first-order chi connectivity index (χ1) is 5.09. The van der Waals surface area contributed by atoms with Crippen LogP contribution in [0.2, 0.25) is 0 Å². The summed E-state index contributed by atoms with van der Waals surface area (Å²) in [5.74, 6) is 2.39. The van der Waals surface area contributed by atoms with Crippen LogP contribution in [-0.4, -0.2) is 11.2 Å². The van der Waals surface area contributed by atoms with E-state index in [1.165, 1.54) is 6.08 Å². The second-order valence-electron chi connectivity index (χ2n) is 2.65. The molecule has 60 valence electrons. The molecule has 0 fully saturated rings. The molecule has 1 heteroatoms. The Morgan fingerprint density at radius 2 is 2.27 bits per heavy atom. The Bertz CT molecular complexity index is 195. The molecule has 0 aliphatic carbocycles. The smallest absolute Gasteiger partial charge is 0.0792 e. The summed E-state index contributed by atoms with van der Waals surface area (Å²) < 4.78 is 0. The molecule has 11 heavy (non-hydrogen) atoms. The Morgan fingerprint density at radius 1 is 1.73 bits per heavy atom. The van der Waals surface area contributed by atoms with Gasteiger partial charge in [-0.15, -0.1) is 6.42 Å². The first kappa shape index (κ1) is 10.0. The minimum atomic E-state index is -0.511. The van der Waals surface area contributed by atoms with E-state index in [1.807, 2.05) is 13.8 Å². The summed E-state index contributed by atoms with van der Waals surface area (Å²) in [6.45, 7) is 7.54. The van der Waals surface area contributed by atoms with E-state index in [1.54, 1.807) is 6.08 Å². The van der Waals surface area contributed by atoms with Crippen molar-refractivity contribution in [3.8, 4) is 12.3 Å². The third-order valence-electron chi connectivity index (χ3n) is 1.68. The molecule has 1 N–H and O–H groups in total. The van der Waals surface area contributed by atoms with Crippen molar-refractivity contribution in [2.24, 2.45) is 5.92 Å². The molecular weight excluding hydrogens is 136 g/mol. The van der Waals surface area contributed by atoms with Crippen molar-refractivity contribution in [1.29, 1.82) is 0 Å². The maximum atomic E-state index is 9.38. The average molecular weight is 150 g/mol. The van der Waals surface area contributed by atoms with Gasteiger partial charge >= 0.3 is 0 Å². The van der Waals surface area contributed by atoms with Gasteiger partial charge in [0.25, 0.3) is 0 Å². The van der Waals surface area contributed by atoms with Gasteiger partial charge in [0.1, 0.15) is 0 Å². The minimum absolute atomic E-state index is 0.0691. The summed E-state index contributed by atoms with van der Waals surface area (Å²) in [7, 11) is 0. The molecular formula is C10H14O. The zero-order chi connectivity index (χ0) is 8.85. The highest BCUT2D eigenvalue weighted by atomic mass is 16.3. The molecule has 0 saturated carbocycles. The lowest BCUT2D eigenvalue weighted by Gasteiger charge is -2.14. The Morgan fingerprint density at radius 3 is 2.64 bits per heavy atom. The number of aliphatic hydroxyl groups excluding tert-OH is 1. The molecule has 0 aromatic rings. The molecule has 0 bridgehead atoms. The highest BCUT2D eigenvalue weighted by Crippen LogP contribution is 2.12. The number of hydrogen-bond donors (Lipinski definition) is 1. The van der Waals surface area contributed by atoms with E-state index >= 15 is 0 Å². The number of aliphatic hydroxyl groups is 1. The Balaban J connectivity index is 4.05. The Kier molecular flexibility index (Phi) is 4.33. The fraction of sp³-hybridized carbons (Fsp3) is 0.400. The van der Waals surface area contributed by atoms with Gasteiger partial charge in [-0.3, -0.25) is 0 Å². The number of rotatable bonds is 3. The van der Waals surface area contributed by atoms with Crippen LogP contribution in [0.25, 0.3) is 0 Å². The molecule has 0 heterocycles. The Hall–Kier alpha value is -1.00. The zero-order valence-electron chi connectivity index (χ0n) is 7.04. The molecule has 0 unspecified atom stereocenters. The van der Waals surface area contributed by atoms with Crippen LogP contribution in [0.1, 0.15) is 13.8 Å². The minimum Gasteiger partial charge on any atom is -0.388 e. The van der Waals surface area contributed by atoms with Crippen molar-refractivity contribution in [2.45, 2.75) is 20.0 Å². The van der Waals surface area contributed by atoms with Gasteiger partial charge in [-0.25, -0.2) is 0 Å². The second-order valence-corrected chi connectivity index (χ2v) is 2.65. The van der Waals surface area contributed by atoms with Crippen molar-refractivity contribution in [2.75, 3.05) is 0 Å². The molecule has 0 aromatic heterocycles. The highest BCUT2D eigenvalue weighted by Gasteiger charge is 2.10. The van der Waals surface area contributed by atoms with Gasteiger partial charge < -0.3 is 5.11 Å². The summed E-state index contributed by atoms with van der Waals surface area (Å²) in [6.07, 6.45) is 7.57.